The number of rotatable bonds is 1. The Bertz CT molecular complexity index is 429. The molecule has 1 heterocycles. The van der Waals surface area contributed by atoms with Crippen molar-refractivity contribution in [3.63, 3.8) is 0 Å². The van der Waals surface area contributed by atoms with Gasteiger partial charge in [-0.15, -0.1) is 0 Å². The van der Waals surface area contributed by atoms with E-state index in [1.165, 1.54) is 31.2 Å². The Hall–Kier alpha value is -0.860. The first-order valence-corrected chi connectivity index (χ1v) is 7.23. The molecule has 18 heavy (non-hydrogen) atoms. The highest BCUT2D eigenvalue weighted by atomic mass is 16.3. The molecule has 0 spiro atoms. The van der Waals surface area contributed by atoms with Crippen molar-refractivity contribution in [1.82, 2.24) is 4.90 Å². The minimum atomic E-state index is -0.0853. The number of fused-ring (bicyclic) bond motifs is 1. The monoisotopic (exact) mass is 245 g/mol. The van der Waals surface area contributed by atoms with E-state index in [2.05, 4.69) is 30.0 Å². The lowest BCUT2D eigenvalue weighted by atomic mass is 10.0. The molecule has 1 N–H and O–H groups in total. The number of likely N-dealkylation sites (tertiary alicyclic amines) is 1. The van der Waals surface area contributed by atoms with E-state index in [-0.39, 0.29) is 6.10 Å². The Morgan fingerprint density at radius 2 is 1.89 bits per heavy atom. The molecule has 1 saturated heterocycles. The minimum Gasteiger partial charge on any atom is -0.392 e. The summed E-state index contributed by atoms with van der Waals surface area (Å²) in [6.45, 7) is 4.15. The van der Waals surface area contributed by atoms with Gasteiger partial charge in [0.15, 0.2) is 0 Å². The highest BCUT2D eigenvalue weighted by Gasteiger charge is 2.28. The van der Waals surface area contributed by atoms with E-state index in [1.54, 1.807) is 11.1 Å². The van der Waals surface area contributed by atoms with Gasteiger partial charge >= 0.3 is 0 Å². The van der Waals surface area contributed by atoms with Crippen LogP contribution in [-0.4, -0.2) is 35.2 Å². The van der Waals surface area contributed by atoms with Crippen molar-refractivity contribution >= 4 is 0 Å². The average Bonchev–Trinajstić information content (AvgIpc) is 2.67. The van der Waals surface area contributed by atoms with Gasteiger partial charge in [-0.1, -0.05) is 23.8 Å². The van der Waals surface area contributed by atoms with Crippen LogP contribution in [0.15, 0.2) is 18.2 Å². The number of aryl methyl sites for hydroxylation is 3. The summed E-state index contributed by atoms with van der Waals surface area (Å²) in [6, 6.07) is 7.58. The quantitative estimate of drug-likeness (QED) is 0.768. The van der Waals surface area contributed by atoms with Gasteiger partial charge in [0.25, 0.3) is 0 Å². The molecule has 0 saturated carbocycles. The summed E-state index contributed by atoms with van der Waals surface area (Å²) in [6.07, 6.45) is 5.79. The number of aliphatic hydroxyl groups excluding tert-OH is 1. The highest BCUT2D eigenvalue weighted by Crippen LogP contribution is 2.26. The second-order valence-electron chi connectivity index (χ2n) is 5.94. The maximum atomic E-state index is 9.67. The third-order valence-electron chi connectivity index (χ3n) is 4.57. The van der Waals surface area contributed by atoms with Crippen LogP contribution in [0.1, 0.15) is 36.0 Å². The van der Waals surface area contributed by atoms with Crippen molar-refractivity contribution < 1.29 is 5.11 Å². The van der Waals surface area contributed by atoms with Gasteiger partial charge in [0.1, 0.15) is 0 Å². The number of hydrogen-bond acceptors (Lipinski definition) is 2. The van der Waals surface area contributed by atoms with Crippen molar-refractivity contribution in [2.75, 3.05) is 13.1 Å². The smallest absolute Gasteiger partial charge is 0.0679 e. The van der Waals surface area contributed by atoms with Crippen molar-refractivity contribution in [1.29, 1.82) is 0 Å². The lowest BCUT2D eigenvalue weighted by Crippen LogP contribution is -2.34. The van der Waals surface area contributed by atoms with Crippen LogP contribution >= 0.6 is 0 Å². The summed E-state index contributed by atoms with van der Waals surface area (Å²) in [5.41, 5.74) is 4.48. The van der Waals surface area contributed by atoms with E-state index in [0.717, 1.165) is 19.5 Å². The number of hydrogen-bond donors (Lipinski definition) is 1. The molecular formula is C16H23NO. The Morgan fingerprint density at radius 1 is 1.11 bits per heavy atom. The first-order valence-electron chi connectivity index (χ1n) is 7.23. The molecule has 2 aliphatic rings. The Kier molecular flexibility index (Phi) is 3.40. The third kappa shape index (κ3) is 2.45. The average molecular weight is 245 g/mol. The SMILES string of the molecule is Cc1ccc2c(c1)CCC(N1CC[C@H](O)C1)CC2. The van der Waals surface area contributed by atoms with E-state index >= 15 is 0 Å². The summed E-state index contributed by atoms with van der Waals surface area (Å²) >= 11 is 0. The van der Waals surface area contributed by atoms with Gasteiger partial charge in [-0.05, 0) is 50.2 Å². The van der Waals surface area contributed by atoms with Gasteiger partial charge in [-0.2, -0.15) is 0 Å². The maximum Gasteiger partial charge on any atom is 0.0679 e. The number of nitrogens with zero attached hydrogens (tertiary/aromatic N) is 1. The van der Waals surface area contributed by atoms with E-state index in [0.29, 0.717) is 6.04 Å². The van der Waals surface area contributed by atoms with Crippen molar-refractivity contribution in [2.45, 2.75) is 51.2 Å². The predicted octanol–water partition coefficient (Wildman–Crippen LogP) is 2.31. The highest BCUT2D eigenvalue weighted by molar-refractivity contribution is 5.32. The molecule has 1 aliphatic heterocycles. The van der Waals surface area contributed by atoms with Crippen LogP contribution in [0.4, 0.5) is 0 Å². The summed E-state index contributed by atoms with van der Waals surface area (Å²) in [7, 11) is 0. The van der Waals surface area contributed by atoms with Crippen molar-refractivity contribution in [3.8, 4) is 0 Å². The first kappa shape index (κ1) is 12.2. The summed E-state index contributed by atoms with van der Waals surface area (Å²) in [5, 5.41) is 9.67. The normalized spacial score (nSPS) is 29.0. The standard InChI is InChI=1S/C16H23NO/c1-12-2-3-13-4-6-15(7-5-14(13)10-12)17-9-8-16(18)11-17/h2-3,10,15-16,18H,4-9,11H2,1H3/t15?,16-/m0/s1. The molecule has 98 valence electrons. The van der Waals surface area contributed by atoms with Crippen LogP contribution in [-0.2, 0) is 12.8 Å². The fourth-order valence-electron chi connectivity index (χ4n) is 3.48. The molecule has 1 unspecified atom stereocenters. The molecule has 1 aliphatic carbocycles. The molecule has 0 amide bonds. The van der Waals surface area contributed by atoms with Crippen LogP contribution in [0.25, 0.3) is 0 Å². The van der Waals surface area contributed by atoms with Crippen LogP contribution in [0.2, 0.25) is 0 Å². The molecule has 1 aromatic carbocycles. The zero-order valence-corrected chi connectivity index (χ0v) is 11.2. The van der Waals surface area contributed by atoms with Crippen LogP contribution < -0.4 is 0 Å². The predicted molar refractivity (Wildman–Crippen MR) is 73.8 cm³/mol. The Labute approximate surface area is 110 Å². The second kappa shape index (κ2) is 5.02. The van der Waals surface area contributed by atoms with Gasteiger partial charge in [0.2, 0.25) is 0 Å². The fraction of sp³-hybridized carbons (Fsp3) is 0.625. The Balaban J connectivity index is 1.71. The fourth-order valence-corrected chi connectivity index (χ4v) is 3.48. The molecule has 1 fully saturated rings. The summed E-state index contributed by atoms with van der Waals surface area (Å²) in [5.74, 6) is 0. The Morgan fingerprint density at radius 3 is 2.61 bits per heavy atom. The number of β-amino-alcohol motifs (C(OH)–C–C–N with tert-alkyl or cyclic N) is 1. The van der Waals surface area contributed by atoms with Gasteiger partial charge < -0.3 is 5.11 Å². The van der Waals surface area contributed by atoms with E-state index in [1.807, 2.05) is 0 Å². The molecular weight excluding hydrogens is 222 g/mol. The third-order valence-corrected chi connectivity index (χ3v) is 4.57. The van der Waals surface area contributed by atoms with Gasteiger partial charge in [0, 0.05) is 19.1 Å². The number of aliphatic hydroxyl groups is 1. The van der Waals surface area contributed by atoms with Crippen LogP contribution in [0.5, 0.6) is 0 Å². The van der Waals surface area contributed by atoms with E-state index in [4.69, 9.17) is 0 Å². The largest absolute Gasteiger partial charge is 0.392 e. The van der Waals surface area contributed by atoms with Gasteiger partial charge in [-0.3, -0.25) is 4.90 Å². The topological polar surface area (TPSA) is 23.5 Å². The van der Waals surface area contributed by atoms with E-state index in [9.17, 15) is 5.11 Å². The molecule has 2 nitrogen and oxygen atoms in total. The zero-order chi connectivity index (χ0) is 12.5. The lowest BCUT2D eigenvalue weighted by Gasteiger charge is -2.26. The van der Waals surface area contributed by atoms with Crippen LogP contribution in [0, 0.1) is 6.92 Å². The maximum absolute atomic E-state index is 9.67. The number of benzene rings is 1. The molecule has 1 aromatic rings. The van der Waals surface area contributed by atoms with Crippen molar-refractivity contribution in [3.05, 3.63) is 34.9 Å². The molecule has 0 aromatic heterocycles. The molecule has 0 bridgehead atoms. The second-order valence-corrected chi connectivity index (χ2v) is 5.94. The molecule has 3 rings (SSSR count). The van der Waals surface area contributed by atoms with E-state index < -0.39 is 0 Å². The lowest BCUT2D eigenvalue weighted by molar-refractivity contribution is 0.153. The summed E-state index contributed by atoms with van der Waals surface area (Å²) < 4.78 is 0. The minimum absolute atomic E-state index is 0.0853. The van der Waals surface area contributed by atoms with Crippen LogP contribution in [0.3, 0.4) is 0 Å². The first-order chi connectivity index (χ1) is 8.72. The summed E-state index contributed by atoms with van der Waals surface area (Å²) in [4.78, 5) is 2.50. The molecule has 0 radical (unpaired) electrons. The molecule has 2 heteroatoms. The molecule has 2 atom stereocenters. The van der Waals surface area contributed by atoms with Gasteiger partial charge in [0.05, 0.1) is 6.10 Å². The zero-order valence-electron chi connectivity index (χ0n) is 11.2. The van der Waals surface area contributed by atoms with Gasteiger partial charge in [-0.25, -0.2) is 0 Å². The van der Waals surface area contributed by atoms with Crippen molar-refractivity contribution in [2.24, 2.45) is 0 Å².